The van der Waals surface area contributed by atoms with Crippen molar-refractivity contribution in [1.29, 1.82) is 5.26 Å². The van der Waals surface area contributed by atoms with E-state index in [9.17, 15) is 13.2 Å². The van der Waals surface area contributed by atoms with Crippen LogP contribution in [0.5, 0.6) is 11.5 Å². The van der Waals surface area contributed by atoms with Crippen molar-refractivity contribution in [2.24, 2.45) is 0 Å². The normalized spacial score (nSPS) is 17.8. The molecule has 0 saturated carbocycles. The lowest BCUT2D eigenvalue weighted by Gasteiger charge is -2.31. The molecule has 10 heteroatoms. The molecule has 1 amide bonds. The number of nitrogens with one attached hydrogen (secondary N) is 1. The van der Waals surface area contributed by atoms with Crippen LogP contribution in [0.4, 0.5) is 0 Å². The fourth-order valence-corrected chi connectivity index (χ4v) is 4.27. The lowest BCUT2D eigenvalue weighted by atomic mass is 10.1. The molecule has 1 heterocycles. The summed E-state index contributed by atoms with van der Waals surface area (Å²) in [7, 11) is -3.27. The average molecular weight is 460 g/mol. The van der Waals surface area contributed by atoms with Crippen LogP contribution in [0.25, 0.3) is 0 Å². The first-order valence-electron chi connectivity index (χ1n) is 8.48. The summed E-state index contributed by atoms with van der Waals surface area (Å²) in [6.07, 6.45) is 2.56. The predicted molar refractivity (Wildman–Crippen MR) is 103 cm³/mol. The zero-order valence-corrected chi connectivity index (χ0v) is 17.6. The molecule has 27 heavy (non-hydrogen) atoms. The topological polar surface area (TPSA) is 109 Å². The van der Waals surface area contributed by atoms with Gasteiger partial charge in [0.25, 0.3) is 5.91 Å². The van der Waals surface area contributed by atoms with Gasteiger partial charge in [0.05, 0.1) is 29.0 Å². The van der Waals surface area contributed by atoms with Crippen molar-refractivity contribution in [3.63, 3.8) is 0 Å². The number of nitriles is 1. The third kappa shape index (κ3) is 6.09. The van der Waals surface area contributed by atoms with Gasteiger partial charge in [-0.25, -0.2) is 12.7 Å². The third-order valence-corrected chi connectivity index (χ3v) is 5.86. The number of piperidine rings is 1. The fourth-order valence-electron chi connectivity index (χ4n) is 2.80. The molecule has 2 rings (SSSR count). The zero-order chi connectivity index (χ0) is 20.0. The number of hydrogen-bond acceptors (Lipinski definition) is 6. The quantitative estimate of drug-likeness (QED) is 0.663. The highest BCUT2D eigenvalue weighted by Gasteiger charge is 2.27. The van der Waals surface area contributed by atoms with Gasteiger partial charge in [-0.3, -0.25) is 4.79 Å². The lowest BCUT2D eigenvalue weighted by Crippen LogP contribution is -2.50. The highest BCUT2D eigenvalue weighted by atomic mass is 79.9. The van der Waals surface area contributed by atoms with Crippen molar-refractivity contribution in [1.82, 2.24) is 9.62 Å². The number of rotatable bonds is 7. The van der Waals surface area contributed by atoms with Crippen LogP contribution in [0.3, 0.4) is 0 Å². The summed E-state index contributed by atoms with van der Waals surface area (Å²) in [5, 5.41) is 11.9. The van der Waals surface area contributed by atoms with Crippen LogP contribution >= 0.6 is 15.9 Å². The van der Waals surface area contributed by atoms with E-state index in [1.54, 1.807) is 19.1 Å². The van der Waals surface area contributed by atoms with Crippen molar-refractivity contribution in [3.8, 4) is 17.6 Å². The number of benzene rings is 1. The van der Waals surface area contributed by atoms with Gasteiger partial charge in [-0.1, -0.05) is 0 Å². The largest absolute Gasteiger partial charge is 0.490 e. The molecule has 8 nitrogen and oxygen atoms in total. The number of carbonyl (C=O) groups excluding carboxylic acids is 1. The molecular weight excluding hydrogens is 438 g/mol. The van der Waals surface area contributed by atoms with E-state index in [4.69, 9.17) is 14.7 Å². The van der Waals surface area contributed by atoms with E-state index >= 15 is 0 Å². The summed E-state index contributed by atoms with van der Waals surface area (Å²) in [5.41, 5.74) is 0.408. The number of ether oxygens (including phenoxy) is 2. The Bertz CT molecular complexity index is 838. The SMILES string of the molecule is CCOc1cc(C#N)cc(Br)c1OCC(=O)NC1CCCN(S(C)(=O)=O)C1. The highest BCUT2D eigenvalue weighted by Crippen LogP contribution is 2.36. The van der Waals surface area contributed by atoms with Crippen molar-refractivity contribution < 1.29 is 22.7 Å². The van der Waals surface area contributed by atoms with Crippen LogP contribution < -0.4 is 14.8 Å². The molecule has 0 radical (unpaired) electrons. The summed E-state index contributed by atoms with van der Waals surface area (Å²) in [6.45, 7) is 2.67. The van der Waals surface area contributed by atoms with Gasteiger partial charge >= 0.3 is 0 Å². The molecule has 1 aliphatic heterocycles. The Labute approximate surface area is 167 Å². The predicted octanol–water partition coefficient (Wildman–Crippen LogP) is 1.64. The summed E-state index contributed by atoms with van der Waals surface area (Å²) >= 11 is 3.33. The second-order valence-electron chi connectivity index (χ2n) is 6.15. The van der Waals surface area contributed by atoms with E-state index in [-0.39, 0.29) is 25.1 Å². The molecule has 1 fully saturated rings. The molecule has 1 N–H and O–H groups in total. The number of nitrogens with zero attached hydrogens (tertiary/aromatic N) is 2. The molecule has 0 aromatic heterocycles. The molecule has 1 aromatic rings. The number of amides is 1. The average Bonchev–Trinajstić information content (AvgIpc) is 2.60. The zero-order valence-electron chi connectivity index (χ0n) is 15.2. The van der Waals surface area contributed by atoms with Crippen molar-refractivity contribution >= 4 is 31.9 Å². The summed E-state index contributed by atoms with van der Waals surface area (Å²) in [4.78, 5) is 12.2. The molecule has 1 unspecified atom stereocenters. The van der Waals surface area contributed by atoms with Gasteiger partial charge in [-0.15, -0.1) is 0 Å². The lowest BCUT2D eigenvalue weighted by molar-refractivity contribution is -0.124. The van der Waals surface area contributed by atoms with Crippen LogP contribution in [-0.4, -0.2) is 57.2 Å². The first-order valence-corrected chi connectivity index (χ1v) is 11.1. The van der Waals surface area contributed by atoms with Crippen LogP contribution in [0.15, 0.2) is 16.6 Å². The minimum absolute atomic E-state index is 0.250. The van der Waals surface area contributed by atoms with E-state index in [1.807, 2.05) is 6.07 Å². The van der Waals surface area contributed by atoms with Gasteiger partial charge in [-0.2, -0.15) is 5.26 Å². The van der Waals surface area contributed by atoms with Gasteiger partial charge in [0, 0.05) is 25.2 Å². The number of carbonyl (C=O) groups is 1. The minimum atomic E-state index is -3.27. The molecular formula is C17H22BrN3O5S. The van der Waals surface area contributed by atoms with Crippen molar-refractivity contribution in [2.75, 3.05) is 32.6 Å². The van der Waals surface area contributed by atoms with Crippen molar-refractivity contribution in [3.05, 3.63) is 22.2 Å². The van der Waals surface area contributed by atoms with Gasteiger partial charge in [0.1, 0.15) is 0 Å². The van der Waals surface area contributed by atoms with Crippen LogP contribution in [-0.2, 0) is 14.8 Å². The number of hydrogen-bond donors (Lipinski definition) is 1. The van der Waals surface area contributed by atoms with Crippen LogP contribution in [0, 0.1) is 11.3 Å². The Morgan fingerprint density at radius 3 is 2.81 bits per heavy atom. The Morgan fingerprint density at radius 2 is 2.19 bits per heavy atom. The maximum Gasteiger partial charge on any atom is 0.258 e. The summed E-state index contributed by atoms with van der Waals surface area (Å²) in [6, 6.07) is 4.91. The van der Waals surface area contributed by atoms with Crippen molar-refractivity contribution in [2.45, 2.75) is 25.8 Å². The Morgan fingerprint density at radius 1 is 1.44 bits per heavy atom. The van der Waals surface area contributed by atoms with E-state index in [0.29, 0.717) is 47.5 Å². The Balaban J connectivity index is 1.98. The first-order chi connectivity index (χ1) is 12.7. The third-order valence-electron chi connectivity index (χ3n) is 4.00. The maximum absolute atomic E-state index is 12.2. The molecule has 1 saturated heterocycles. The fraction of sp³-hybridized carbons (Fsp3) is 0.529. The molecule has 0 spiro atoms. The molecule has 0 bridgehead atoms. The van der Waals surface area contributed by atoms with E-state index in [0.717, 1.165) is 6.26 Å². The Kier molecular flexibility index (Phi) is 7.47. The standard InChI is InChI=1S/C17H22BrN3O5S/c1-3-25-15-8-12(9-19)7-14(18)17(15)26-11-16(22)20-13-5-4-6-21(10-13)27(2,23)24/h7-8,13H,3-6,10-11H2,1-2H3,(H,20,22). The highest BCUT2D eigenvalue weighted by molar-refractivity contribution is 9.10. The molecule has 1 aromatic carbocycles. The molecule has 148 valence electrons. The van der Waals surface area contributed by atoms with Crippen LogP contribution in [0.2, 0.25) is 0 Å². The monoisotopic (exact) mass is 459 g/mol. The summed E-state index contributed by atoms with van der Waals surface area (Å²) < 4.78 is 36.3. The number of halogens is 1. The molecule has 1 atom stereocenters. The van der Waals surface area contributed by atoms with Gasteiger partial charge in [0.2, 0.25) is 10.0 Å². The van der Waals surface area contributed by atoms with E-state index < -0.39 is 10.0 Å². The second kappa shape index (κ2) is 9.39. The summed E-state index contributed by atoms with van der Waals surface area (Å²) in [5.74, 6) is 0.360. The minimum Gasteiger partial charge on any atom is -0.490 e. The first kappa shape index (κ1) is 21.5. The van der Waals surface area contributed by atoms with Gasteiger partial charge in [-0.05, 0) is 41.8 Å². The van der Waals surface area contributed by atoms with E-state index in [2.05, 4.69) is 21.2 Å². The number of sulfonamides is 1. The molecule has 1 aliphatic rings. The molecule has 0 aliphatic carbocycles. The van der Waals surface area contributed by atoms with Crippen LogP contribution in [0.1, 0.15) is 25.3 Å². The second-order valence-corrected chi connectivity index (χ2v) is 8.98. The van der Waals surface area contributed by atoms with E-state index in [1.165, 1.54) is 4.31 Å². The smallest absolute Gasteiger partial charge is 0.258 e. The van der Waals surface area contributed by atoms with Gasteiger partial charge in [0.15, 0.2) is 18.1 Å². The Hall–Kier alpha value is -1.83. The maximum atomic E-state index is 12.2. The van der Waals surface area contributed by atoms with Gasteiger partial charge < -0.3 is 14.8 Å².